The number of aliphatic hydroxyl groups is 1. The summed E-state index contributed by atoms with van der Waals surface area (Å²) in [6.07, 6.45) is 0. The molecule has 0 spiro atoms. The number of pyridine rings is 1. The van der Waals surface area contributed by atoms with E-state index in [1.54, 1.807) is 36.4 Å². The fourth-order valence-electron chi connectivity index (χ4n) is 1.64. The number of benzene rings is 1. The van der Waals surface area contributed by atoms with Crippen LogP contribution in [0.3, 0.4) is 0 Å². The van der Waals surface area contributed by atoms with Gasteiger partial charge in [0.05, 0.1) is 0 Å². The maximum Gasteiger partial charge on any atom is 0.274 e. The van der Waals surface area contributed by atoms with Crippen molar-refractivity contribution >= 4 is 11.6 Å². The van der Waals surface area contributed by atoms with Crippen molar-refractivity contribution in [3.8, 4) is 11.8 Å². The van der Waals surface area contributed by atoms with E-state index in [1.165, 1.54) is 0 Å². The summed E-state index contributed by atoms with van der Waals surface area (Å²) < 4.78 is 0. The summed E-state index contributed by atoms with van der Waals surface area (Å²) in [6, 6.07) is 12.4. The van der Waals surface area contributed by atoms with Crippen LogP contribution in [-0.2, 0) is 0 Å². The van der Waals surface area contributed by atoms with Gasteiger partial charge in [-0.1, -0.05) is 17.9 Å². The van der Waals surface area contributed by atoms with Crippen LogP contribution in [0.2, 0.25) is 0 Å². The quantitative estimate of drug-likeness (QED) is 0.817. The summed E-state index contributed by atoms with van der Waals surface area (Å²) in [5, 5.41) is 11.4. The van der Waals surface area contributed by atoms with Gasteiger partial charge >= 0.3 is 0 Å². The molecule has 0 bridgehead atoms. The normalized spacial score (nSPS) is 9.50. The lowest BCUT2D eigenvalue weighted by atomic mass is 10.2. The Bertz CT molecular complexity index is 667. The third-order valence-corrected chi connectivity index (χ3v) is 2.58. The Kier molecular flexibility index (Phi) is 4.48. The average molecular weight is 266 g/mol. The Morgan fingerprint density at radius 2 is 2.00 bits per heavy atom. The third-order valence-electron chi connectivity index (χ3n) is 2.58. The summed E-state index contributed by atoms with van der Waals surface area (Å²) in [4.78, 5) is 16.2. The minimum atomic E-state index is -0.247. The van der Waals surface area contributed by atoms with Crippen LogP contribution >= 0.6 is 0 Å². The van der Waals surface area contributed by atoms with Gasteiger partial charge in [-0.15, -0.1) is 0 Å². The molecule has 0 aliphatic heterocycles. The molecule has 0 fully saturated rings. The number of aliphatic hydroxyl groups excluding tert-OH is 1. The lowest BCUT2D eigenvalue weighted by molar-refractivity contribution is 0.102. The van der Waals surface area contributed by atoms with Gasteiger partial charge in [0.2, 0.25) is 0 Å². The molecule has 0 atom stereocenters. The van der Waals surface area contributed by atoms with Crippen molar-refractivity contribution < 1.29 is 9.90 Å². The van der Waals surface area contributed by atoms with Crippen LogP contribution in [0.15, 0.2) is 42.5 Å². The van der Waals surface area contributed by atoms with Crippen LogP contribution in [0, 0.1) is 18.8 Å². The zero-order chi connectivity index (χ0) is 14.4. The fraction of sp³-hybridized carbons (Fsp3) is 0.125. The number of amides is 1. The predicted octanol–water partition coefficient (Wildman–Crippen LogP) is 1.99. The van der Waals surface area contributed by atoms with Gasteiger partial charge < -0.3 is 10.4 Å². The number of anilines is 1. The molecule has 1 aromatic carbocycles. The molecule has 2 N–H and O–H groups in total. The van der Waals surface area contributed by atoms with Crippen molar-refractivity contribution in [3.05, 3.63) is 59.4 Å². The molecule has 2 rings (SSSR count). The number of aromatic nitrogens is 1. The molecule has 1 amide bonds. The topological polar surface area (TPSA) is 62.2 Å². The predicted molar refractivity (Wildman–Crippen MR) is 77.3 cm³/mol. The number of aryl methyl sites for hydroxylation is 1. The molecule has 0 unspecified atom stereocenters. The zero-order valence-corrected chi connectivity index (χ0v) is 11.1. The standard InChI is InChI=1S/C16H14N2O2/c1-12-4-2-6-15(17-12)16(20)18-14-9-7-13(8-10-14)5-3-11-19/h2,4,6-10,19H,11H2,1H3,(H,18,20). The molecule has 2 aromatic rings. The number of hydrogen-bond acceptors (Lipinski definition) is 3. The highest BCUT2D eigenvalue weighted by molar-refractivity contribution is 6.02. The summed E-state index contributed by atoms with van der Waals surface area (Å²) in [5.74, 6) is 5.11. The van der Waals surface area contributed by atoms with Crippen molar-refractivity contribution in [2.24, 2.45) is 0 Å². The van der Waals surface area contributed by atoms with Gasteiger partial charge in [0.1, 0.15) is 12.3 Å². The van der Waals surface area contributed by atoms with Crippen LogP contribution in [0.25, 0.3) is 0 Å². The van der Waals surface area contributed by atoms with Crippen LogP contribution in [-0.4, -0.2) is 22.6 Å². The van der Waals surface area contributed by atoms with Gasteiger partial charge in [-0.25, -0.2) is 4.98 Å². The van der Waals surface area contributed by atoms with Crippen molar-refractivity contribution in [3.63, 3.8) is 0 Å². The first kappa shape index (κ1) is 13.8. The number of nitrogens with one attached hydrogen (secondary N) is 1. The Hall–Kier alpha value is -2.64. The minimum Gasteiger partial charge on any atom is -0.384 e. The average Bonchev–Trinajstić information content (AvgIpc) is 2.46. The molecule has 0 aliphatic rings. The van der Waals surface area contributed by atoms with E-state index in [4.69, 9.17) is 5.11 Å². The highest BCUT2D eigenvalue weighted by Crippen LogP contribution is 2.10. The van der Waals surface area contributed by atoms with Crippen LogP contribution < -0.4 is 5.32 Å². The van der Waals surface area contributed by atoms with Gasteiger partial charge in [-0.3, -0.25) is 4.79 Å². The van der Waals surface area contributed by atoms with E-state index in [1.807, 2.05) is 13.0 Å². The largest absolute Gasteiger partial charge is 0.384 e. The van der Waals surface area contributed by atoms with Crippen LogP contribution in [0.1, 0.15) is 21.7 Å². The smallest absolute Gasteiger partial charge is 0.274 e. The molecule has 100 valence electrons. The second kappa shape index (κ2) is 6.50. The first-order valence-electron chi connectivity index (χ1n) is 6.14. The molecule has 1 heterocycles. The van der Waals surface area contributed by atoms with Crippen molar-refractivity contribution in [2.45, 2.75) is 6.92 Å². The van der Waals surface area contributed by atoms with E-state index in [-0.39, 0.29) is 12.5 Å². The van der Waals surface area contributed by atoms with E-state index in [0.29, 0.717) is 11.4 Å². The number of carbonyl (C=O) groups excluding carboxylic acids is 1. The lowest BCUT2D eigenvalue weighted by Gasteiger charge is -2.05. The van der Waals surface area contributed by atoms with E-state index < -0.39 is 0 Å². The summed E-state index contributed by atoms with van der Waals surface area (Å²) in [6.45, 7) is 1.67. The van der Waals surface area contributed by atoms with Gasteiger partial charge in [0, 0.05) is 16.9 Å². The summed E-state index contributed by atoms with van der Waals surface area (Å²) >= 11 is 0. The molecular weight excluding hydrogens is 252 g/mol. The first-order valence-corrected chi connectivity index (χ1v) is 6.14. The Balaban J connectivity index is 2.08. The number of rotatable bonds is 2. The molecule has 20 heavy (non-hydrogen) atoms. The van der Waals surface area contributed by atoms with E-state index in [9.17, 15) is 4.79 Å². The van der Waals surface area contributed by atoms with Crippen LogP contribution in [0.5, 0.6) is 0 Å². The minimum absolute atomic E-state index is 0.169. The zero-order valence-electron chi connectivity index (χ0n) is 11.1. The molecule has 4 heteroatoms. The van der Waals surface area contributed by atoms with Gasteiger partial charge in [0.15, 0.2) is 0 Å². The molecule has 4 nitrogen and oxygen atoms in total. The van der Waals surface area contributed by atoms with Crippen LogP contribution in [0.4, 0.5) is 5.69 Å². The van der Waals surface area contributed by atoms with Gasteiger partial charge in [-0.05, 0) is 43.3 Å². The summed E-state index contributed by atoms with van der Waals surface area (Å²) in [7, 11) is 0. The molecule has 0 saturated heterocycles. The van der Waals surface area contributed by atoms with Gasteiger partial charge in [-0.2, -0.15) is 0 Å². The van der Waals surface area contributed by atoms with Crippen molar-refractivity contribution in [1.82, 2.24) is 4.98 Å². The maximum atomic E-state index is 12.0. The van der Waals surface area contributed by atoms with Crippen molar-refractivity contribution in [1.29, 1.82) is 0 Å². The second-order valence-electron chi connectivity index (χ2n) is 4.16. The highest BCUT2D eigenvalue weighted by Gasteiger charge is 2.07. The Morgan fingerprint density at radius 3 is 2.65 bits per heavy atom. The number of hydrogen-bond donors (Lipinski definition) is 2. The third kappa shape index (κ3) is 3.67. The highest BCUT2D eigenvalue weighted by atomic mass is 16.2. The number of carbonyl (C=O) groups is 1. The van der Waals surface area contributed by atoms with Crippen molar-refractivity contribution in [2.75, 3.05) is 11.9 Å². The van der Waals surface area contributed by atoms with E-state index in [0.717, 1.165) is 11.3 Å². The maximum absolute atomic E-state index is 12.0. The number of nitrogens with zero attached hydrogens (tertiary/aromatic N) is 1. The van der Waals surface area contributed by atoms with E-state index in [2.05, 4.69) is 22.1 Å². The molecule has 0 radical (unpaired) electrons. The molecular formula is C16H14N2O2. The Labute approximate surface area is 117 Å². The summed E-state index contributed by atoms with van der Waals surface area (Å²) in [5.41, 5.74) is 2.64. The monoisotopic (exact) mass is 266 g/mol. The Morgan fingerprint density at radius 1 is 1.25 bits per heavy atom. The van der Waals surface area contributed by atoms with E-state index >= 15 is 0 Å². The SMILES string of the molecule is Cc1cccc(C(=O)Nc2ccc(C#CCO)cc2)n1. The lowest BCUT2D eigenvalue weighted by Crippen LogP contribution is -2.13. The fourth-order valence-corrected chi connectivity index (χ4v) is 1.64. The molecule has 0 saturated carbocycles. The molecule has 0 aliphatic carbocycles. The van der Waals surface area contributed by atoms with Gasteiger partial charge in [0.25, 0.3) is 5.91 Å². The molecule has 1 aromatic heterocycles. The first-order chi connectivity index (χ1) is 9.69. The second-order valence-corrected chi connectivity index (χ2v) is 4.16.